The lowest BCUT2D eigenvalue weighted by molar-refractivity contribution is -0.122. The van der Waals surface area contributed by atoms with E-state index in [9.17, 15) is 4.79 Å². The fourth-order valence-electron chi connectivity index (χ4n) is 1.09. The Kier molecular flexibility index (Phi) is 4.12. The summed E-state index contributed by atoms with van der Waals surface area (Å²) in [6, 6.07) is 1.61. The summed E-state index contributed by atoms with van der Waals surface area (Å²) in [6.07, 6.45) is 4.07. The SMILES string of the molecule is CC[C@@H](CO)NC(=O)Cn1cccn1. The largest absolute Gasteiger partial charge is 0.394 e. The molecule has 1 heterocycles. The number of nitrogens with one attached hydrogen (secondary N) is 1. The molecule has 1 amide bonds. The molecule has 0 saturated carbocycles. The molecule has 1 rings (SSSR count). The first kappa shape index (κ1) is 10.7. The van der Waals surface area contributed by atoms with Gasteiger partial charge in [-0.3, -0.25) is 9.48 Å². The zero-order chi connectivity index (χ0) is 10.4. The minimum absolute atomic E-state index is 0.0264. The summed E-state index contributed by atoms with van der Waals surface area (Å²) in [5, 5.41) is 15.5. The summed E-state index contributed by atoms with van der Waals surface area (Å²) in [5.41, 5.74) is 0. The van der Waals surface area contributed by atoms with E-state index in [-0.39, 0.29) is 25.1 Å². The molecule has 2 N–H and O–H groups in total. The van der Waals surface area contributed by atoms with Crippen LogP contribution in [0.1, 0.15) is 13.3 Å². The van der Waals surface area contributed by atoms with Crippen molar-refractivity contribution in [1.82, 2.24) is 15.1 Å². The summed E-state index contributed by atoms with van der Waals surface area (Å²) in [7, 11) is 0. The molecule has 14 heavy (non-hydrogen) atoms. The summed E-state index contributed by atoms with van der Waals surface area (Å²) in [4.78, 5) is 11.4. The summed E-state index contributed by atoms with van der Waals surface area (Å²) >= 11 is 0. The van der Waals surface area contributed by atoms with Crippen LogP contribution in [-0.2, 0) is 11.3 Å². The van der Waals surface area contributed by atoms with E-state index in [4.69, 9.17) is 5.11 Å². The minimum atomic E-state index is -0.155. The molecular weight excluding hydrogens is 182 g/mol. The lowest BCUT2D eigenvalue weighted by Crippen LogP contribution is -2.38. The van der Waals surface area contributed by atoms with Crippen LogP contribution in [0.5, 0.6) is 0 Å². The molecule has 0 aliphatic heterocycles. The Morgan fingerprint density at radius 3 is 3.00 bits per heavy atom. The van der Waals surface area contributed by atoms with Crippen molar-refractivity contribution in [2.75, 3.05) is 6.61 Å². The number of hydrogen-bond acceptors (Lipinski definition) is 3. The first-order valence-electron chi connectivity index (χ1n) is 4.64. The van der Waals surface area contributed by atoms with Gasteiger partial charge in [-0.2, -0.15) is 5.10 Å². The van der Waals surface area contributed by atoms with Crippen molar-refractivity contribution >= 4 is 5.91 Å². The standard InChI is InChI=1S/C9H15N3O2/c1-2-8(7-13)11-9(14)6-12-5-3-4-10-12/h3-5,8,13H,2,6-7H2,1H3,(H,11,14)/t8-/m0/s1. The number of carbonyl (C=O) groups is 1. The molecule has 1 aromatic rings. The number of amides is 1. The molecule has 0 spiro atoms. The van der Waals surface area contributed by atoms with E-state index in [1.807, 2.05) is 6.92 Å². The summed E-state index contributed by atoms with van der Waals surface area (Å²) in [6.45, 7) is 2.08. The van der Waals surface area contributed by atoms with Gasteiger partial charge in [0.2, 0.25) is 5.91 Å². The van der Waals surface area contributed by atoms with E-state index in [1.165, 1.54) is 0 Å². The number of nitrogens with zero attached hydrogens (tertiary/aromatic N) is 2. The Balaban J connectivity index is 2.35. The topological polar surface area (TPSA) is 67.2 Å². The highest BCUT2D eigenvalue weighted by Crippen LogP contribution is 1.90. The Morgan fingerprint density at radius 1 is 1.71 bits per heavy atom. The first-order valence-corrected chi connectivity index (χ1v) is 4.64. The number of aliphatic hydroxyl groups is 1. The molecule has 0 saturated heterocycles. The maximum atomic E-state index is 11.4. The van der Waals surface area contributed by atoms with Crippen LogP contribution in [-0.4, -0.2) is 33.4 Å². The fraction of sp³-hybridized carbons (Fsp3) is 0.556. The van der Waals surface area contributed by atoms with Crippen LogP contribution in [0.25, 0.3) is 0 Å². The highest BCUT2D eigenvalue weighted by Gasteiger charge is 2.09. The maximum Gasteiger partial charge on any atom is 0.242 e. The van der Waals surface area contributed by atoms with Gasteiger partial charge in [-0.05, 0) is 12.5 Å². The molecule has 78 valence electrons. The second kappa shape index (κ2) is 5.39. The molecule has 0 bridgehead atoms. The third-order valence-corrected chi connectivity index (χ3v) is 1.94. The summed E-state index contributed by atoms with van der Waals surface area (Å²) < 4.78 is 1.54. The lowest BCUT2D eigenvalue weighted by Gasteiger charge is -2.13. The van der Waals surface area contributed by atoms with Crippen molar-refractivity contribution in [2.24, 2.45) is 0 Å². The van der Waals surface area contributed by atoms with Crippen molar-refractivity contribution in [1.29, 1.82) is 0 Å². The van der Waals surface area contributed by atoms with Crippen molar-refractivity contribution < 1.29 is 9.90 Å². The van der Waals surface area contributed by atoms with Gasteiger partial charge in [0.25, 0.3) is 0 Å². The van der Waals surface area contributed by atoms with Gasteiger partial charge in [0.1, 0.15) is 6.54 Å². The second-order valence-corrected chi connectivity index (χ2v) is 3.06. The number of hydrogen-bond donors (Lipinski definition) is 2. The average molecular weight is 197 g/mol. The Labute approximate surface area is 82.7 Å². The average Bonchev–Trinajstić information content (AvgIpc) is 2.66. The van der Waals surface area contributed by atoms with Crippen LogP contribution in [0.15, 0.2) is 18.5 Å². The van der Waals surface area contributed by atoms with E-state index in [1.54, 1.807) is 23.1 Å². The highest BCUT2D eigenvalue weighted by molar-refractivity contribution is 5.75. The third kappa shape index (κ3) is 3.18. The van der Waals surface area contributed by atoms with E-state index in [0.29, 0.717) is 0 Å². The van der Waals surface area contributed by atoms with Crippen LogP contribution in [0.4, 0.5) is 0 Å². The fourth-order valence-corrected chi connectivity index (χ4v) is 1.09. The molecule has 1 atom stereocenters. The van der Waals surface area contributed by atoms with Crippen LogP contribution >= 0.6 is 0 Å². The van der Waals surface area contributed by atoms with E-state index < -0.39 is 0 Å². The Bertz CT molecular complexity index is 268. The molecule has 5 heteroatoms. The first-order chi connectivity index (χ1) is 6.76. The summed E-state index contributed by atoms with van der Waals surface area (Å²) in [5.74, 6) is -0.130. The molecule has 0 fully saturated rings. The van der Waals surface area contributed by atoms with Crippen molar-refractivity contribution in [3.63, 3.8) is 0 Å². The minimum Gasteiger partial charge on any atom is -0.394 e. The second-order valence-electron chi connectivity index (χ2n) is 3.06. The van der Waals surface area contributed by atoms with Gasteiger partial charge >= 0.3 is 0 Å². The molecular formula is C9H15N3O2. The number of aliphatic hydroxyl groups excluding tert-OH is 1. The monoisotopic (exact) mass is 197 g/mol. The number of rotatable bonds is 5. The molecule has 0 aromatic carbocycles. The zero-order valence-electron chi connectivity index (χ0n) is 8.18. The molecule has 0 aliphatic rings. The van der Waals surface area contributed by atoms with Gasteiger partial charge in [0, 0.05) is 12.4 Å². The van der Waals surface area contributed by atoms with Gasteiger partial charge < -0.3 is 10.4 Å². The molecule has 5 nitrogen and oxygen atoms in total. The molecule has 0 radical (unpaired) electrons. The zero-order valence-corrected chi connectivity index (χ0v) is 8.18. The molecule has 1 aromatic heterocycles. The van der Waals surface area contributed by atoms with Gasteiger partial charge in [-0.15, -0.1) is 0 Å². The van der Waals surface area contributed by atoms with Crippen LogP contribution in [0.2, 0.25) is 0 Å². The Morgan fingerprint density at radius 2 is 2.50 bits per heavy atom. The van der Waals surface area contributed by atoms with Crippen molar-refractivity contribution in [3.05, 3.63) is 18.5 Å². The predicted molar refractivity (Wildman–Crippen MR) is 51.5 cm³/mol. The van der Waals surface area contributed by atoms with Crippen LogP contribution in [0, 0.1) is 0 Å². The number of carbonyl (C=O) groups excluding carboxylic acids is 1. The smallest absolute Gasteiger partial charge is 0.242 e. The van der Waals surface area contributed by atoms with Crippen LogP contribution < -0.4 is 5.32 Å². The van der Waals surface area contributed by atoms with E-state index in [2.05, 4.69) is 10.4 Å². The third-order valence-electron chi connectivity index (χ3n) is 1.94. The van der Waals surface area contributed by atoms with Crippen LogP contribution in [0.3, 0.4) is 0 Å². The van der Waals surface area contributed by atoms with E-state index in [0.717, 1.165) is 6.42 Å². The lowest BCUT2D eigenvalue weighted by atomic mass is 10.2. The van der Waals surface area contributed by atoms with E-state index >= 15 is 0 Å². The Hall–Kier alpha value is -1.36. The van der Waals surface area contributed by atoms with Crippen molar-refractivity contribution in [2.45, 2.75) is 25.9 Å². The quantitative estimate of drug-likeness (QED) is 0.685. The van der Waals surface area contributed by atoms with Crippen molar-refractivity contribution in [3.8, 4) is 0 Å². The van der Waals surface area contributed by atoms with Gasteiger partial charge in [-0.25, -0.2) is 0 Å². The highest BCUT2D eigenvalue weighted by atomic mass is 16.3. The molecule has 0 aliphatic carbocycles. The van der Waals surface area contributed by atoms with Gasteiger partial charge in [-0.1, -0.05) is 6.92 Å². The maximum absolute atomic E-state index is 11.4. The normalized spacial score (nSPS) is 12.4. The number of aromatic nitrogens is 2. The molecule has 0 unspecified atom stereocenters. The predicted octanol–water partition coefficient (Wildman–Crippen LogP) is -0.230. The van der Waals surface area contributed by atoms with Gasteiger partial charge in [0.15, 0.2) is 0 Å². The van der Waals surface area contributed by atoms with Gasteiger partial charge in [0.05, 0.1) is 12.6 Å².